The summed E-state index contributed by atoms with van der Waals surface area (Å²) in [4.78, 5) is 14.2. The molecule has 0 saturated carbocycles. The first kappa shape index (κ1) is 10.2. The predicted octanol–water partition coefficient (Wildman–Crippen LogP) is 2.08. The Kier molecular flexibility index (Phi) is 2.77. The number of nitrogens with zero attached hydrogens (tertiary/aromatic N) is 1. The second kappa shape index (κ2) is 4.10. The molecule has 0 spiro atoms. The van der Waals surface area contributed by atoms with E-state index in [0.717, 1.165) is 18.9 Å². The van der Waals surface area contributed by atoms with E-state index in [9.17, 15) is 4.79 Å². The minimum Gasteiger partial charge on any atom is -0.300 e. The second-order valence-electron chi connectivity index (χ2n) is 5.15. The molecule has 0 aromatic heterocycles. The molecule has 0 radical (unpaired) electrons. The third kappa shape index (κ3) is 1.84. The van der Waals surface area contributed by atoms with Crippen LogP contribution in [0.5, 0.6) is 0 Å². The number of fused-ring (bicyclic) bond motifs is 2. The molecule has 84 valence electrons. The molecule has 0 N–H and O–H groups in total. The first-order valence-electron chi connectivity index (χ1n) is 6.21. The highest BCUT2D eigenvalue weighted by Crippen LogP contribution is 2.38. The van der Waals surface area contributed by atoms with E-state index >= 15 is 0 Å². The molecule has 2 nitrogen and oxygen atoms in total. The monoisotopic (exact) mass is 225 g/mol. The van der Waals surface area contributed by atoms with Gasteiger partial charge >= 0.3 is 0 Å². The Morgan fingerprint density at radius 1 is 1.07 bits per heavy atom. The summed E-state index contributed by atoms with van der Waals surface area (Å²) in [7, 11) is 0. The summed E-state index contributed by atoms with van der Waals surface area (Å²) in [6.07, 6.45) is 6.98. The summed E-state index contributed by atoms with van der Waals surface area (Å²) in [6, 6.07) is 2.01. The van der Waals surface area contributed by atoms with E-state index in [1.807, 2.05) is 0 Å². The summed E-state index contributed by atoms with van der Waals surface area (Å²) in [5.74, 6) is 3.17. The van der Waals surface area contributed by atoms with Gasteiger partial charge in [-0.3, -0.25) is 9.69 Å². The van der Waals surface area contributed by atoms with Crippen molar-refractivity contribution in [2.45, 2.75) is 56.7 Å². The first-order valence-corrected chi connectivity index (χ1v) is 7.37. The molecule has 3 fully saturated rings. The quantitative estimate of drug-likeness (QED) is 0.681. The van der Waals surface area contributed by atoms with Gasteiger partial charge in [0.15, 0.2) is 0 Å². The van der Waals surface area contributed by atoms with E-state index in [1.54, 1.807) is 0 Å². The van der Waals surface area contributed by atoms with Gasteiger partial charge in [-0.25, -0.2) is 0 Å². The van der Waals surface area contributed by atoms with Crippen LogP contribution in [0.1, 0.15) is 38.5 Å². The smallest absolute Gasteiger partial charge is 0.136 e. The molecule has 15 heavy (non-hydrogen) atoms. The van der Waals surface area contributed by atoms with Crippen LogP contribution in [0.25, 0.3) is 0 Å². The van der Waals surface area contributed by atoms with E-state index in [-0.39, 0.29) is 0 Å². The van der Waals surface area contributed by atoms with Crippen molar-refractivity contribution in [3.05, 3.63) is 0 Å². The van der Waals surface area contributed by atoms with E-state index in [0.29, 0.717) is 17.9 Å². The van der Waals surface area contributed by atoms with Crippen LogP contribution < -0.4 is 0 Å². The topological polar surface area (TPSA) is 20.3 Å². The molecule has 0 aromatic carbocycles. The number of carbonyl (C=O) groups is 1. The van der Waals surface area contributed by atoms with Crippen molar-refractivity contribution >= 4 is 17.5 Å². The molecule has 3 aliphatic rings. The van der Waals surface area contributed by atoms with E-state index < -0.39 is 0 Å². The number of rotatable bonds is 1. The Morgan fingerprint density at radius 2 is 1.80 bits per heavy atom. The number of carbonyl (C=O) groups excluding carboxylic acids is 1. The van der Waals surface area contributed by atoms with Gasteiger partial charge < -0.3 is 0 Å². The minimum absolute atomic E-state index is 0.516. The highest BCUT2D eigenvalue weighted by atomic mass is 32.2. The number of thioether (sulfide) groups is 1. The van der Waals surface area contributed by atoms with Gasteiger partial charge in [0.05, 0.1) is 0 Å². The van der Waals surface area contributed by atoms with Crippen molar-refractivity contribution in [3.63, 3.8) is 0 Å². The molecule has 3 rings (SSSR count). The molecule has 3 saturated heterocycles. The largest absolute Gasteiger partial charge is 0.300 e. The van der Waals surface area contributed by atoms with Crippen LogP contribution in [-0.2, 0) is 4.79 Å². The van der Waals surface area contributed by atoms with Gasteiger partial charge in [0.1, 0.15) is 5.78 Å². The fourth-order valence-corrected chi connectivity index (χ4v) is 4.71. The van der Waals surface area contributed by atoms with Gasteiger partial charge in [0, 0.05) is 36.7 Å². The molecule has 3 atom stereocenters. The van der Waals surface area contributed by atoms with Gasteiger partial charge in [0.2, 0.25) is 0 Å². The van der Waals surface area contributed by atoms with Crippen molar-refractivity contribution < 1.29 is 4.79 Å². The van der Waals surface area contributed by atoms with Crippen LogP contribution in [-0.4, -0.2) is 40.3 Å². The molecule has 3 unspecified atom stereocenters. The average molecular weight is 225 g/mol. The van der Waals surface area contributed by atoms with Gasteiger partial charge in [-0.2, -0.15) is 11.8 Å². The van der Waals surface area contributed by atoms with E-state index in [4.69, 9.17) is 0 Å². The summed E-state index contributed by atoms with van der Waals surface area (Å²) >= 11 is 2.10. The zero-order valence-corrected chi connectivity index (χ0v) is 9.97. The molecular formula is C12H19NOS. The van der Waals surface area contributed by atoms with E-state index in [2.05, 4.69) is 16.7 Å². The number of ketones is 1. The number of Topliss-reactive ketones (excluding diaryl/α,β-unsaturated/α-hetero) is 1. The van der Waals surface area contributed by atoms with Crippen molar-refractivity contribution in [1.29, 1.82) is 0 Å². The van der Waals surface area contributed by atoms with Gasteiger partial charge in [0.25, 0.3) is 0 Å². The third-order valence-corrected chi connectivity index (χ3v) is 5.36. The van der Waals surface area contributed by atoms with Crippen molar-refractivity contribution in [2.75, 3.05) is 11.5 Å². The Labute approximate surface area is 95.8 Å². The first-order chi connectivity index (χ1) is 7.34. The standard InChI is InChI=1S/C12H19NOS/c14-12-6-9-3-4-10(7-12)13(9)11-2-1-5-15-8-11/h9-11H,1-8H2. The molecule has 2 bridgehead atoms. The molecule has 0 aliphatic carbocycles. The van der Waals surface area contributed by atoms with Crippen molar-refractivity contribution in [1.82, 2.24) is 4.90 Å². The van der Waals surface area contributed by atoms with Crippen LogP contribution in [0.2, 0.25) is 0 Å². The van der Waals surface area contributed by atoms with Gasteiger partial charge in [-0.1, -0.05) is 0 Å². The lowest BCUT2D eigenvalue weighted by molar-refractivity contribution is -0.124. The highest BCUT2D eigenvalue weighted by Gasteiger charge is 2.43. The van der Waals surface area contributed by atoms with Crippen molar-refractivity contribution in [3.8, 4) is 0 Å². The number of hydrogen-bond acceptors (Lipinski definition) is 3. The Morgan fingerprint density at radius 3 is 2.40 bits per heavy atom. The highest BCUT2D eigenvalue weighted by molar-refractivity contribution is 7.99. The molecular weight excluding hydrogens is 206 g/mol. The summed E-state index contributed by atoms with van der Waals surface area (Å²) in [5.41, 5.74) is 0. The predicted molar refractivity (Wildman–Crippen MR) is 63.2 cm³/mol. The van der Waals surface area contributed by atoms with Crippen LogP contribution in [0.15, 0.2) is 0 Å². The van der Waals surface area contributed by atoms with Crippen molar-refractivity contribution in [2.24, 2.45) is 0 Å². The maximum atomic E-state index is 11.5. The normalized spacial score (nSPS) is 42.1. The van der Waals surface area contributed by atoms with Crippen LogP contribution in [0, 0.1) is 0 Å². The maximum absolute atomic E-state index is 11.5. The zero-order chi connectivity index (χ0) is 10.3. The summed E-state index contributed by atoms with van der Waals surface area (Å²) in [5, 5.41) is 0. The van der Waals surface area contributed by atoms with Gasteiger partial charge in [-0.15, -0.1) is 0 Å². The fourth-order valence-electron chi connectivity index (χ4n) is 3.56. The summed E-state index contributed by atoms with van der Waals surface area (Å²) in [6.45, 7) is 0. The molecule has 3 heterocycles. The Balaban J connectivity index is 1.73. The second-order valence-corrected chi connectivity index (χ2v) is 6.30. The number of hydrogen-bond donors (Lipinski definition) is 0. The van der Waals surface area contributed by atoms with Crippen LogP contribution >= 0.6 is 11.8 Å². The van der Waals surface area contributed by atoms with Crippen LogP contribution in [0.4, 0.5) is 0 Å². The minimum atomic E-state index is 0.516. The van der Waals surface area contributed by atoms with Crippen LogP contribution in [0.3, 0.4) is 0 Å². The molecule has 0 aromatic rings. The molecule has 3 heteroatoms. The third-order valence-electron chi connectivity index (χ3n) is 4.16. The summed E-state index contributed by atoms with van der Waals surface area (Å²) < 4.78 is 0. The lowest BCUT2D eigenvalue weighted by Crippen LogP contribution is -2.50. The lowest BCUT2D eigenvalue weighted by Gasteiger charge is -2.41. The average Bonchev–Trinajstić information content (AvgIpc) is 2.53. The molecule has 0 amide bonds. The Bertz CT molecular complexity index is 246. The molecule has 3 aliphatic heterocycles. The van der Waals surface area contributed by atoms with Gasteiger partial charge in [-0.05, 0) is 31.4 Å². The fraction of sp³-hybridized carbons (Fsp3) is 0.917. The Hall–Kier alpha value is -0.0200. The zero-order valence-electron chi connectivity index (χ0n) is 9.15. The number of piperidine rings is 1. The van der Waals surface area contributed by atoms with E-state index in [1.165, 1.54) is 37.2 Å². The SMILES string of the molecule is O=C1CC2CCC(C1)N2C1CCCSC1. The lowest BCUT2D eigenvalue weighted by atomic mass is 9.98. The maximum Gasteiger partial charge on any atom is 0.136 e.